The van der Waals surface area contributed by atoms with Crippen LogP contribution in [0.2, 0.25) is 0 Å². The first-order valence-electron chi connectivity index (χ1n) is 9.94. The second-order valence-electron chi connectivity index (χ2n) is 7.47. The van der Waals surface area contributed by atoms with E-state index in [4.69, 9.17) is 0 Å². The van der Waals surface area contributed by atoms with Crippen molar-refractivity contribution < 1.29 is 32.3 Å². The van der Waals surface area contributed by atoms with Gasteiger partial charge in [-0.2, -0.15) is 13.2 Å². The van der Waals surface area contributed by atoms with Gasteiger partial charge in [-0.05, 0) is 60.7 Å². The molecule has 10 heteroatoms. The van der Waals surface area contributed by atoms with E-state index in [0.717, 1.165) is 17.0 Å². The van der Waals surface area contributed by atoms with Crippen molar-refractivity contribution >= 4 is 40.7 Å². The maximum absolute atomic E-state index is 12.9. The number of hydrogen-bond donors (Lipinski definition) is 2. The van der Waals surface area contributed by atoms with Gasteiger partial charge in [-0.3, -0.25) is 19.2 Å². The van der Waals surface area contributed by atoms with Crippen LogP contribution in [0, 0.1) is 0 Å². The molecule has 0 spiro atoms. The number of halogens is 3. The highest BCUT2D eigenvalue weighted by Gasteiger charge is 2.37. The van der Waals surface area contributed by atoms with E-state index < -0.39 is 29.5 Å². The number of imide groups is 1. The number of hydrogen-bond acceptors (Lipinski definition) is 4. The minimum atomic E-state index is -4.56. The van der Waals surface area contributed by atoms with E-state index in [1.54, 1.807) is 0 Å². The zero-order valence-electron chi connectivity index (χ0n) is 17.6. The first-order valence-corrected chi connectivity index (χ1v) is 9.94. The Labute approximate surface area is 191 Å². The van der Waals surface area contributed by atoms with Gasteiger partial charge < -0.3 is 10.6 Å². The van der Waals surface area contributed by atoms with Crippen molar-refractivity contribution in [3.8, 4) is 0 Å². The van der Waals surface area contributed by atoms with Crippen molar-refractivity contribution in [3.63, 3.8) is 0 Å². The molecule has 34 heavy (non-hydrogen) atoms. The van der Waals surface area contributed by atoms with Gasteiger partial charge in [0, 0.05) is 23.9 Å². The van der Waals surface area contributed by atoms with Crippen LogP contribution in [-0.4, -0.2) is 23.6 Å². The summed E-state index contributed by atoms with van der Waals surface area (Å²) in [5.74, 6) is -2.25. The lowest BCUT2D eigenvalue weighted by Crippen LogP contribution is -2.29. The van der Waals surface area contributed by atoms with E-state index in [-0.39, 0.29) is 34.0 Å². The van der Waals surface area contributed by atoms with Crippen molar-refractivity contribution in [1.82, 2.24) is 0 Å². The molecule has 3 aromatic rings. The average Bonchev–Trinajstić information content (AvgIpc) is 3.03. The Balaban J connectivity index is 1.56. The quantitative estimate of drug-likeness (QED) is 0.543. The summed E-state index contributed by atoms with van der Waals surface area (Å²) in [5, 5.41) is 4.95. The largest absolute Gasteiger partial charge is 0.416 e. The van der Waals surface area contributed by atoms with E-state index in [9.17, 15) is 32.3 Å². The van der Waals surface area contributed by atoms with E-state index >= 15 is 0 Å². The Morgan fingerprint density at radius 3 is 2.12 bits per heavy atom. The minimum Gasteiger partial charge on any atom is -0.326 e. The number of amides is 4. The topological polar surface area (TPSA) is 95.6 Å². The fourth-order valence-electron chi connectivity index (χ4n) is 3.49. The van der Waals surface area contributed by atoms with Crippen LogP contribution in [0.1, 0.15) is 43.6 Å². The number of nitrogens with one attached hydrogen (secondary N) is 2. The van der Waals surface area contributed by atoms with Gasteiger partial charge in [-0.25, -0.2) is 4.90 Å². The molecule has 1 aliphatic rings. The molecule has 0 radical (unpaired) electrons. The third-order valence-electron chi connectivity index (χ3n) is 5.04. The molecule has 4 amide bonds. The molecular formula is C24H16F3N3O4. The van der Waals surface area contributed by atoms with Gasteiger partial charge >= 0.3 is 6.18 Å². The molecule has 0 unspecified atom stereocenters. The number of alkyl halides is 3. The van der Waals surface area contributed by atoms with Crippen LogP contribution < -0.4 is 15.5 Å². The monoisotopic (exact) mass is 467 g/mol. The Morgan fingerprint density at radius 2 is 1.47 bits per heavy atom. The lowest BCUT2D eigenvalue weighted by molar-refractivity contribution is -0.137. The van der Waals surface area contributed by atoms with Crippen molar-refractivity contribution in [2.45, 2.75) is 13.1 Å². The second kappa shape index (κ2) is 8.47. The van der Waals surface area contributed by atoms with Gasteiger partial charge in [0.1, 0.15) is 0 Å². The number of rotatable bonds is 4. The smallest absolute Gasteiger partial charge is 0.326 e. The summed E-state index contributed by atoms with van der Waals surface area (Å²) in [5.41, 5.74) is -0.139. The highest BCUT2D eigenvalue weighted by Crippen LogP contribution is 2.32. The molecule has 0 saturated heterocycles. The van der Waals surface area contributed by atoms with Crippen LogP contribution in [-0.2, 0) is 11.0 Å². The van der Waals surface area contributed by atoms with Gasteiger partial charge in [-0.1, -0.05) is 6.07 Å². The fraction of sp³-hybridized carbons (Fsp3) is 0.0833. The molecule has 0 bridgehead atoms. The van der Waals surface area contributed by atoms with E-state index in [2.05, 4.69) is 10.6 Å². The van der Waals surface area contributed by atoms with Crippen molar-refractivity contribution in [2.75, 3.05) is 15.5 Å². The summed E-state index contributed by atoms with van der Waals surface area (Å²) in [4.78, 5) is 50.4. The van der Waals surface area contributed by atoms with Gasteiger partial charge in [0.05, 0.1) is 22.4 Å². The van der Waals surface area contributed by atoms with Gasteiger partial charge in [0.15, 0.2) is 0 Å². The standard InChI is InChI=1S/C24H16F3N3O4/c1-13(31)28-16-6-8-18(9-7-16)30-22(33)19-10-5-14(11-20(19)23(30)34)21(32)29-17-4-2-3-15(12-17)24(25,26)27/h2-12H,1H3,(H,28,31)(H,29,32). The molecule has 4 rings (SSSR count). The molecule has 1 aliphatic heterocycles. The number of nitrogens with zero attached hydrogens (tertiary/aromatic N) is 1. The predicted molar refractivity (Wildman–Crippen MR) is 118 cm³/mol. The molecule has 7 nitrogen and oxygen atoms in total. The van der Waals surface area contributed by atoms with Crippen LogP contribution in [0.3, 0.4) is 0 Å². The zero-order valence-corrected chi connectivity index (χ0v) is 17.6. The number of anilines is 3. The van der Waals surface area contributed by atoms with Crippen molar-refractivity contribution in [2.24, 2.45) is 0 Å². The normalized spacial score (nSPS) is 13.0. The Bertz CT molecular complexity index is 1330. The zero-order chi connectivity index (χ0) is 24.6. The first-order chi connectivity index (χ1) is 16.0. The Kier molecular flexibility index (Phi) is 5.66. The molecule has 0 aliphatic carbocycles. The number of fused-ring (bicyclic) bond motifs is 1. The summed E-state index contributed by atoms with van der Waals surface area (Å²) in [6.45, 7) is 1.35. The van der Waals surface area contributed by atoms with Gasteiger partial charge in [-0.15, -0.1) is 0 Å². The fourth-order valence-corrected chi connectivity index (χ4v) is 3.49. The van der Waals surface area contributed by atoms with E-state index in [1.807, 2.05) is 0 Å². The Morgan fingerprint density at radius 1 is 0.794 bits per heavy atom. The second-order valence-corrected chi connectivity index (χ2v) is 7.47. The van der Waals surface area contributed by atoms with Crippen LogP contribution >= 0.6 is 0 Å². The average molecular weight is 467 g/mol. The van der Waals surface area contributed by atoms with Crippen molar-refractivity contribution in [3.05, 3.63) is 89.0 Å². The van der Waals surface area contributed by atoms with Crippen molar-refractivity contribution in [1.29, 1.82) is 0 Å². The lowest BCUT2D eigenvalue weighted by atomic mass is 10.1. The van der Waals surface area contributed by atoms with Gasteiger partial charge in [0.2, 0.25) is 5.91 Å². The van der Waals surface area contributed by atoms with Gasteiger partial charge in [0.25, 0.3) is 17.7 Å². The third-order valence-corrected chi connectivity index (χ3v) is 5.04. The number of benzene rings is 3. The van der Waals surface area contributed by atoms with Crippen LogP contribution in [0.25, 0.3) is 0 Å². The van der Waals surface area contributed by atoms with E-state index in [0.29, 0.717) is 5.69 Å². The van der Waals surface area contributed by atoms with Crippen LogP contribution in [0.5, 0.6) is 0 Å². The molecule has 0 saturated carbocycles. The maximum Gasteiger partial charge on any atom is 0.416 e. The molecule has 2 N–H and O–H groups in total. The summed E-state index contributed by atoms with van der Waals surface area (Å²) >= 11 is 0. The van der Waals surface area contributed by atoms with E-state index in [1.165, 1.54) is 61.5 Å². The maximum atomic E-state index is 12.9. The molecule has 1 heterocycles. The molecular weight excluding hydrogens is 451 g/mol. The SMILES string of the molecule is CC(=O)Nc1ccc(N2C(=O)c3ccc(C(=O)Nc4cccc(C(F)(F)F)c4)cc3C2=O)cc1. The predicted octanol–water partition coefficient (Wildman–Crippen LogP) is 4.72. The third kappa shape index (κ3) is 4.38. The van der Waals surface area contributed by atoms with Crippen LogP contribution in [0.4, 0.5) is 30.2 Å². The highest BCUT2D eigenvalue weighted by atomic mass is 19.4. The summed E-state index contributed by atoms with van der Waals surface area (Å²) < 4.78 is 38.7. The first kappa shape index (κ1) is 22.7. The molecule has 172 valence electrons. The summed E-state index contributed by atoms with van der Waals surface area (Å²) in [7, 11) is 0. The molecule has 0 aromatic heterocycles. The number of carbonyl (C=O) groups is 4. The lowest BCUT2D eigenvalue weighted by Gasteiger charge is -2.14. The Hall–Kier alpha value is -4.47. The summed E-state index contributed by atoms with van der Waals surface area (Å²) in [6.07, 6.45) is -4.56. The summed E-state index contributed by atoms with van der Waals surface area (Å²) in [6, 6.07) is 14.1. The highest BCUT2D eigenvalue weighted by molar-refractivity contribution is 6.34. The molecule has 0 atom stereocenters. The minimum absolute atomic E-state index is 0.000155. The molecule has 3 aromatic carbocycles. The number of carbonyl (C=O) groups excluding carboxylic acids is 4. The molecule has 0 fully saturated rings. The van der Waals surface area contributed by atoms with Crippen LogP contribution in [0.15, 0.2) is 66.7 Å².